The van der Waals surface area contributed by atoms with Crippen LogP contribution in [0.2, 0.25) is 0 Å². The Morgan fingerprint density at radius 3 is 2.39 bits per heavy atom. The zero-order valence-electron chi connectivity index (χ0n) is 17.0. The topological polar surface area (TPSA) is 70.5 Å². The van der Waals surface area contributed by atoms with Gasteiger partial charge in [0.25, 0.3) is 0 Å². The van der Waals surface area contributed by atoms with E-state index in [4.69, 9.17) is 9.47 Å². The van der Waals surface area contributed by atoms with Crippen LogP contribution < -0.4 is 0 Å². The van der Waals surface area contributed by atoms with Gasteiger partial charge in [0.1, 0.15) is 16.5 Å². The molecule has 2 aromatic heterocycles. The first-order chi connectivity index (χ1) is 13.4. The van der Waals surface area contributed by atoms with E-state index in [2.05, 4.69) is 28.6 Å². The third-order valence-corrected chi connectivity index (χ3v) is 6.15. The largest absolute Gasteiger partial charge is 0.500 e. The van der Waals surface area contributed by atoms with Gasteiger partial charge in [-0.2, -0.15) is 0 Å². The van der Waals surface area contributed by atoms with Crippen LogP contribution >= 0.6 is 22.7 Å². The van der Waals surface area contributed by atoms with Crippen molar-refractivity contribution >= 4 is 34.7 Å². The molecule has 6 nitrogen and oxygen atoms in total. The van der Waals surface area contributed by atoms with Gasteiger partial charge in [0, 0.05) is 29.7 Å². The average Bonchev–Trinajstić information content (AvgIpc) is 3.35. The van der Waals surface area contributed by atoms with E-state index in [1.165, 1.54) is 20.3 Å². The summed E-state index contributed by atoms with van der Waals surface area (Å²) < 4.78 is 15.6. The lowest BCUT2D eigenvalue weighted by atomic mass is 10.1. The quantitative estimate of drug-likeness (QED) is 0.250. The van der Waals surface area contributed by atoms with Crippen LogP contribution in [0.5, 0.6) is 0 Å². The molecule has 8 heteroatoms. The van der Waals surface area contributed by atoms with Gasteiger partial charge in [-0.15, -0.1) is 22.7 Å². The van der Waals surface area contributed by atoms with Crippen molar-refractivity contribution in [2.45, 2.75) is 32.8 Å². The highest BCUT2D eigenvalue weighted by atomic mass is 32.1. The normalized spacial score (nSPS) is 14.5. The fourth-order valence-electron chi connectivity index (χ4n) is 2.49. The van der Waals surface area contributed by atoms with Crippen LogP contribution in [0, 0.1) is 5.92 Å². The Morgan fingerprint density at radius 2 is 1.82 bits per heavy atom. The monoisotopic (exact) mass is 424 g/mol. The Morgan fingerprint density at radius 1 is 1.07 bits per heavy atom. The number of hydrogen-bond donors (Lipinski definition) is 0. The Labute approximate surface area is 173 Å². The van der Waals surface area contributed by atoms with E-state index >= 15 is 0 Å². The molecule has 0 bridgehead atoms. The summed E-state index contributed by atoms with van der Waals surface area (Å²) in [6.07, 6.45) is 4.87. The fraction of sp³-hybridized carbons (Fsp3) is 0.450. The number of esters is 1. The summed E-state index contributed by atoms with van der Waals surface area (Å²) in [5.41, 5.74) is 1.75. The molecule has 0 saturated heterocycles. The Bertz CT molecular complexity index is 839. The minimum absolute atomic E-state index is 0.171. The van der Waals surface area contributed by atoms with Crippen molar-refractivity contribution in [3.8, 4) is 10.7 Å². The molecule has 0 aliphatic heterocycles. The smallest absolute Gasteiger partial charge is 0.333 e. The second kappa shape index (κ2) is 10.5. The third kappa shape index (κ3) is 5.73. The molecule has 0 spiro atoms. The molecule has 0 radical (unpaired) electrons. The van der Waals surface area contributed by atoms with Gasteiger partial charge < -0.3 is 14.2 Å². The van der Waals surface area contributed by atoms with Crippen LogP contribution in [0.25, 0.3) is 16.8 Å². The molecular weight excluding hydrogens is 398 g/mol. The molecule has 2 unspecified atom stereocenters. The van der Waals surface area contributed by atoms with Gasteiger partial charge in [-0.3, -0.25) is 0 Å². The Balaban J connectivity index is 2.13. The SMILES string of the molecule is COC(=O)/[13CH]=C(/OC)C(C)C(/[13CH]=C/c1csc(-c2csc(C(C)C)n2)n1)OC. The van der Waals surface area contributed by atoms with Gasteiger partial charge in [-0.1, -0.05) is 26.8 Å². The van der Waals surface area contributed by atoms with Crippen molar-refractivity contribution in [3.63, 3.8) is 0 Å². The summed E-state index contributed by atoms with van der Waals surface area (Å²) in [6.45, 7) is 6.19. The molecule has 0 fully saturated rings. The van der Waals surface area contributed by atoms with Crippen LogP contribution in [0.15, 0.2) is 28.7 Å². The number of thiazole rings is 2. The third-order valence-electron chi connectivity index (χ3n) is 4.12. The first-order valence-electron chi connectivity index (χ1n) is 8.85. The molecule has 2 heterocycles. The second-order valence-electron chi connectivity index (χ2n) is 6.43. The molecule has 0 saturated carbocycles. The second-order valence-corrected chi connectivity index (χ2v) is 8.17. The Hall–Kier alpha value is -2.03. The number of methoxy groups -OCH3 is 3. The van der Waals surface area contributed by atoms with Crippen molar-refractivity contribution in [1.29, 1.82) is 0 Å². The lowest BCUT2D eigenvalue weighted by Gasteiger charge is -2.21. The number of hydrogen-bond acceptors (Lipinski definition) is 8. The van der Waals surface area contributed by atoms with Crippen molar-refractivity contribution in [2.75, 3.05) is 21.3 Å². The van der Waals surface area contributed by atoms with Gasteiger partial charge in [0.05, 0.1) is 37.1 Å². The van der Waals surface area contributed by atoms with Gasteiger partial charge in [-0.05, 0) is 6.08 Å². The average molecular weight is 425 g/mol. The number of nitrogens with zero attached hydrogens (tertiary/aromatic N) is 2. The first-order valence-corrected chi connectivity index (χ1v) is 10.6. The van der Waals surface area contributed by atoms with E-state index < -0.39 is 5.97 Å². The summed E-state index contributed by atoms with van der Waals surface area (Å²) >= 11 is 3.22. The maximum absolute atomic E-state index is 11.5. The number of carbonyl (C=O) groups excluding carboxylic acids is 1. The molecule has 0 amide bonds. The highest BCUT2D eigenvalue weighted by molar-refractivity contribution is 7.14. The molecule has 2 atom stereocenters. The van der Waals surface area contributed by atoms with Gasteiger partial charge >= 0.3 is 5.97 Å². The number of aromatic nitrogens is 2. The van der Waals surface area contributed by atoms with Gasteiger partial charge in [-0.25, -0.2) is 14.8 Å². The van der Waals surface area contributed by atoms with E-state index in [-0.39, 0.29) is 12.0 Å². The summed E-state index contributed by atoms with van der Waals surface area (Å²) in [5.74, 6) is 0.271. The molecule has 0 aromatic carbocycles. The van der Waals surface area contributed by atoms with E-state index in [0.717, 1.165) is 21.4 Å². The highest BCUT2D eigenvalue weighted by Crippen LogP contribution is 2.29. The number of rotatable bonds is 9. The zero-order valence-corrected chi connectivity index (χ0v) is 18.6. The summed E-state index contributed by atoms with van der Waals surface area (Å²) in [5, 5.41) is 6.04. The van der Waals surface area contributed by atoms with Crippen molar-refractivity contribution in [2.24, 2.45) is 5.92 Å². The zero-order chi connectivity index (χ0) is 20.7. The molecule has 152 valence electrons. The predicted octanol–water partition coefficient (Wildman–Crippen LogP) is 4.76. The minimum atomic E-state index is -0.462. The predicted molar refractivity (Wildman–Crippen MR) is 113 cm³/mol. The van der Waals surface area contributed by atoms with Crippen molar-refractivity contribution < 1.29 is 19.0 Å². The molecule has 28 heavy (non-hydrogen) atoms. The summed E-state index contributed by atoms with van der Waals surface area (Å²) in [4.78, 5) is 20.8. The number of carbonyl (C=O) groups is 1. The number of ether oxygens (including phenoxy) is 3. The summed E-state index contributed by atoms with van der Waals surface area (Å²) in [7, 11) is 4.47. The first kappa shape index (κ1) is 22.3. The van der Waals surface area contributed by atoms with Crippen LogP contribution in [0.1, 0.15) is 37.4 Å². The highest BCUT2D eigenvalue weighted by Gasteiger charge is 2.20. The maximum Gasteiger partial charge on any atom is 0.333 e. The van der Waals surface area contributed by atoms with E-state index in [9.17, 15) is 4.79 Å². The van der Waals surface area contributed by atoms with E-state index in [1.807, 2.05) is 29.8 Å². The molecule has 2 rings (SSSR count). The van der Waals surface area contributed by atoms with Crippen molar-refractivity contribution in [3.05, 3.63) is 39.4 Å². The summed E-state index contributed by atoms with van der Waals surface area (Å²) in [6, 6.07) is 0. The standard InChI is InChI=1S/C20H26N2O4S2/c1-12(2)19-22-15(11-28-19)20-21-14(10-27-20)7-8-16(24-4)13(3)17(25-5)9-18(23)26-6/h7-13,16H,1-6H3/b8-7+,17-9+/i8+1,9+1. The molecule has 0 aliphatic carbocycles. The van der Waals surface area contributed by atoms with Crippen LogP contribution in [-0.2, 0) is 19.0 Å². The van der Waals surface area contributed by atoms with Crippen molar-refractivity contribution in [1.82, 2.24) is 9.97 Å². The molecule has 0 N–H and O–H groups in total. The minimum Gasteiger partial charge on any atom is -0.500 e. The maximum atomic E-state index is 11.5. The van der Waals surface area contributed by atoms with Gasteiger partial charge in [0.15, 0.2) is 0 Å². The fourth-order valence-corrected chi connectivity index (χ4v) is 4.13. The molecular formula is C20H26N2O4S2. The van der Waals surface area contributed by atoms with Crippen LogP contribution in [-0.4, -0.2) is 43.4 Å². The van der Waals surface area contributed by atoms with Crippen LogP contribution in [0.4, 0.5) is 0 Å². The molecule has 0 aliphatic rings. The Kier molecular flexibility index (Phi) is 8.35. The van der Waals surface area contributed by atoms with E-state index in [1.54, 1.807) is 29.8 Å². The lowest BCUT2D eigenvalue weighted by Crippen LogP contribution is -2.21. The lowest BCUT2D eigenvalue weighted by molar-refractivity contribution is -0.135. The van der Waals surface area contributed by atoms with E-state index in [0.29, 0.717) is 11.7 Å². The molecule has 2 aromatic rings. The van der Waals surface area contributed by atoms with Crippen LogP contribution in [0.3, 0.4) is 0 Å². The van der Waals surface area contributed by atoms with Gasteiger partial charge in [0.2, 0.25) is 0 Å².